The Balaban J connectivity index is 1.19. The van der Waals surface area contributed by atoms with Gasteiger partial charge in [0.05, 0.1) is 23.3 Å². The highest BCUT2D eigenvalue weighted by molar-refractivity contribution is 6.28. The summed E-state index contributed by atoms with van der Waals surface area (Å²) in [6.07, 6.45) is 0. The third-order valence-corrected chi connectivity index (χ3v) is 10.1. The minimum absolute atomic E-state index is 0.631. The summed E-state index contributed by atoms with van der Waals surface area (Å²) in [5, 5.41) is 9.94. The summed E-state index contributed by atoms with van der Waals surface area (Å²) in [4.78, 5) is 5.93. The highest BCUT2D eigenvalue weighted by atomic mass is 15.1. The molecule has 0 atom stereocenters. The van der Waals surface area contributed by atoms with E-state index in [9.17, 15) is 0 Å². The quantitative estimate of drug-likeness (QED) is 0.135. The lowest BCUT2D eigenvalue weighted by molar-refractivity contribution is 1.18. The summed E-state index contributed by atoms with van der Waals surface area (Å²) < 4.78 is 2.39. The molecule has 0 saturated carbocycles. The molecule has 0 bridgehead atoms. The van der Waals surface area contributed by atoms with E-state index in [0.29, 0.717) is 5.69 Å². The number of benzene rings is 9. The van der Waals surface area contributed by atoms with E-state index >= 15 is 0 Å². The first-order valence-electron chi connectivity index (χ1n) is 16.9. The molecule has 0 fully saturated rings. The third kappa shape index (κ3) is 4.23. The number of hydrogen-bond acceptors (Lipinski definition) is 1. The molecule has 1 heterocycles. The van der Waals surface area contributed by atoms with Gasteiger partial charge in [-0.3, -0.25) is 0 Å². The van der Waals surface area contributed by atoms with Crippen LogP contribution in [0, 0.1) is 6.57 Å². The normalized spacial score (nSPS) is 11.6. The molecule has 50 heavy (non-hydrogen) atoms. The first kappa shape index (κ1) is 28.2. The molecule has 0 N–H and O–H groups in total. The Labute approximate surface area is 289 Å². The van der Waals surface area contributed by atoms with Gasteiger partial charge < -0.3 is 9.47 Å². The smallest absolute Gasteiger partial charge is 0.187 e. The van der Waals surface area contributed by atoms with E-state index in [4.69, 9.17) is 6.57 Å². The summed E-state index contributed by atoms with van der Waals surface area (Å²) >= 11 is 0. The first-order valence-corrected chi connectivity index (χ1v) is 16.9. The maximum atomic E-state index is 7.48. The van der Waals surface area contributed by atoms with Crippen LogP contribution in [0.3, 0.4) is 0 Å². The Kier molecular flexibility index (Phi) is 6.24. The fourth-order valence-electron chi connectivity index (χ4n) is 7.93. The second-order valence-electron chi connectivity index (χ2n) is 12.8. The number of hydrogen-bond donors (Lipinski definition) is 0. The van der Waals surface area contributed by atoms with Crippen molar-refractivity contribution in [3.8, 4) is 16.8 Å². The van der Waals surface area contributed by atoms with Crippen LogP contribution in [0.5, 0.6) is 0 Å². The van der Waals surface area contributed by atoms with Gasteiger partial charge in [0.1, 0.15) is 0 Å². The van der Waals surface area contributed by atoms with Gasteiger partial charge in [0.15, 0.2) is 5.69 Å². The third-order valence-electron chi connectivity index (χ3n) is 10.1. The predicted molar refractivity (Wildman–Crippen MR) is 211 cm³/mol. The van der Waals surface area contributed by atoms with Gasteiger partial charge in [-0.25, -0.2) is 4.85 Å². The van der Waals surface area contributed by atoms with E-state index in [0.717, 1.165) is 22.7 Å². The second-order valence-corrected chi connectivity index (χ2v) is 12.8. The molecule has 3 nitrogen and oxygen atoms in total. The van der Waals surface area contributed by atoms with E-state index in [2.05, 4.69) is 160 Å². The van der Waals surface area contributed by atoms with Crippen LogP contribution in [0.4, 0.5) is 22.7 Å². The summed E-state index contributed by atoms with van der Waals surface area (Å²) in [5.74, 6) is 0. The van der Waals surface area contributed by atoms with E-state index in [1.54, 1.807) is 0 Å². The molecule has 10 aromatic rings. The SMILES string of the molecule is [C-]#[N+]c1ccc(N(c2ccccc2)c2ccc3ccc4c(-c5cccc(-n6c7ccccc7c7ccccc76)c5)ccc5ccc2c3c54)cc1. The lowest BCUT2D eigenvalue weighted by Gasteiger charge is -2.28. The lowest BCUT2D eigenvalue weighted by atomic mass is 9.89. The molecule has 0 radical (unpaired) electrons. The maximum Gasteiger partial charge on any atom is 0.187 e. The van der Waals surface area contributed by atoms with Crippen molar-refractivity contribution in [1.29, 1.82) is 0 Å². The number of fused-ring (bicyclic) bond motifs is 3. The topological polar surface area (TPSA) is 12.5 Å². The Morgan fingerprint density at radius 2 is 1.06 bits per heavy atom. The van der Waals surface area contributed by atoms with E-state index in [-0.39, 0.29) is 0 Å². The zero-order valence-corrected chi connectivity index (χ0v) is 27.1. The van der Waals surface area contributed by atoms with Gasteiger partial charge in [-0.1, -0.05) is 121 Å². The minimum Gasteiger partial charge on any atom is -0.310 e. The van der Waals surface area contributed by atoms with Crippen LogP contribution in [0.1, 0.15) is 0 Å². The lowest BCUT2D eigenvalue weighted by Crippen LogP contribution is -2.10. The van der Waals surface area contributed by atoms with Gasteiger partial charge in [-0.2, -0.15) is 0 Å². The molecule has 0 saturated heterocycles. The maximum absolute atomic E-state index is 7.48. The minimum atomic E-state index is 0.631. The fraction of sp³-hybridized carbons (Fsp3) is 0. The van der Waals surface area contributed by atoms with Crippen molar-refractivity contribution in [2.24, 2.45) is 0 Å². The monoisotopic (exact) mass is 635 g/mol. The predicted octanol–water partition coefficient (Wildman–Crippen LogP) is 13.4. The molecule has 9 aromatic carbocycles. The van der Waals surface area contributed by atoms with Crippen molar-refractivity contribution < 1.29 is 0 Å². The number of aromatic nitrogens is 1. The van der Waals surface area contributed by atoms with Crippen LogP contribution < -0.4 is 4.90 Å². The summed E-state index contributed by atoms with van der Waals surface area (Å²) in [6.45, 7) is 7.48. The molecule has 0 aliphatic heterocycles. The summed E-state index contributed by atoms with van der Waals surface area (Å²) in [6, 6.07) is 62.8. The van der Waals surface area contributed by atoms with Crippen molar-refractivity contribution in [1.82, 2.24) is 4.57 Å². The van der Waals surface area contributed by atoms with Crippen molar-refractivity contribution in [2.75, 3.05) is 4.90 Å². The molecule has 0 aliphatic rings. The van der Waals surface area contributed by atoms with Gasteiger partial charge in [-0.05, 0) is 92.7 Å². The Morgan fingerprint density at radius 3 is 1.78 bits per heavy atom. The van der Waals surface area contributed by atoms with E-state index < -0.39 is 0 Å². The number of rotatable bonds is 5. The zero-order chi connectivity index (χ0) is 33.2. The van der Waals surface area contributed by atoms with Crippen LogP contribution in [-0.2, 0) is 0 Å². The number of para-hydroxylation sites is 3. The summed E-state index contributed by atoms with van der Waals surface area (Å²) in [7, 11) is 0. The molecule has 232 valence electrons. The first-order chi connectivity index (χ1) is 24.8. The fourth-order valence-corrected chi connectivity index (χ4v) is 7.93. The molecule has 0 amide bonds. The van der Waals surface area contributed by atoms with Crippen LogP contribution in [0.15, 0.2) is 176 Å². The zero-order valence-electron chi connectivity index (χ0n) is 27.1. The number of anilines is 3. The number of nitrogens with zero attached hydrogens (tertiary/aromatic N) is 3. The summed E-state index contributed by atoms with van der Waals surface area (Å²) in [5.41, 5.74) is 9.79. The average Bonchev–Trinajstić information content (AvgIpc) is 3.52. The van der Waals surface area contributed by atoms with Gasteiger partial charge in [0.25, 0.3) is 0 Å². The molecule has 0 spiro atoms. The highest BCUT2D eigenvalue weighted by Gasteiger charge is 2.20. The van der Waals surface area contributed by atoms with Crippen LogP contribution in [0.25, 0.3) is 75.8 Å². The standard InChI is InChI=1S/C47H29N3/c1-48-34-22-24-36(25-23-34)49(35-11-3-2-4-12-35)45-29-21-32-19-27-41-38(26-18-31-20-28-42(45)47(32)46(31)41)33-10-9-13-37(30-33)50-43-16-7-5-14-39(43)40-15-6-8-17-44(40)50/h2-30H. The Morgan fingerprint density at radius 1 is 0.460 bits per heavy atom. The Hall–Kier alpha value is -6.89. The van der Waals surface area contributed by atoms with Crippen LogP contribution >= 0.6 is 0 Å². The molecule has 0 unspecified atom stereocenters. The van der Waals surface area contributed by atoms with Crippen molar-refractivity contribution in [2.45, 2.75) is 0 Å². The highest BCUT2D eigenvalue weighted by Crippen LogP contribution is 2.46. The van der Waals surface area contributed by atoms with Crippen molar-refractivity contribution in [3.05, 3.63) is 187 Å². The van der Waals surface area contributed by atoms with E-state index in [1.807, 2.05) is 30.3 Å². The van der Waals surface area contributed by atoms with Gasteiger partial charge >= 0.3 is 0 Å². The van der Waals surface area contributed by atoms with E-state index in [1.165, 1.54) is 65.3 Å². The van der Waals surface area contributed by atoms with Crippen LogP contribution in [-0.4, -0.2) is 4.57 Å². The molecule has 3 heteroatoms. The van der Waals surface area contributed by atoms with Crippen molar-refractivity contribution >= 4 is 76.9 Å². The average molecular weight is 636 g/mol. The van der Waals surface area contributed by atoms with Gasteiger partial charge in [0.2, 0.25) is 0 Å². The molecular weight excluding hydrogens is 607 g/mol. The molecular formula is C47H29N3. The van der Waals surface area contributed by atoms with Crippen molar-refractivity contribution in [3.63, 3.8) is 0 Å². The molecule has 10 rings (SSSR count). The molecule has 1 aromatic heterocycles. The largest absolute Gasteiger partial charge is 0.310 e. The van der Waals surface area contributed by atoms with Gasteiger partial charge in [0, 0.05) is 33.2 Å². The van der Waals surface area contributed by atoms with Crippen LogP contribution in [0.2, 0.25) is 0 Å². The Bertz CT molecular complexity index is 2880. The molecule has 0 aliphatic carbocycles. The second kappa shape index (κ2) is 11.1. The van der Waals surface area contributed by atoms with Gasteiger partial charge in [-0.15, -0.1) is 0 Å².